The number of rotatable bonds is 7. The molecule has 136 valence electrons. The van der Waals surface area contributed by atoms with Crippen LogP contribution in [0.3, 0.4) is 0 Å². The van der Waals surface area contributed by atoms with Crippen molar-refractivity contribution in [2.24, 2.45) is 0 Å². The van der Waals surface area contributed by atoms with Crippen LogP contribution in [0.1, 0.15) is 5.56 Å². The van der Waals surface area contributed by atoms with E-state index in [1.54, 1.807) is 13.0 Å². The molecule has 2 aromatic rings. The number of nitrogens with one attached hydrogen (secondary N) is 2. The Labute approximate surface area is 148 Å². The highest BCUT2D eigenvalue weighted by molar-refractivity contribution is 5.95. The molecule has 0 aliphatic rings. The second-order valence-corrected chi connectivity index (χ2v) is 5.30. The van der Waals surface area contributed by atoms with E-state index < -0.39 is 15.8 Å². The SMILES string of the molecule is COc1cc([N+](=O)[O-])ccc1NC(=O)CNc1cc([N+](=O)[O-])ccc1C. The van der Waals surface area contributed by atoms with Gasteiger partial charge in [-0.25, -0.2) is 0 Å². The molecule has 2 rings (SSSR count). The van der Waals surface area contributed by atoms with Gasteiger partial charge in [-0.2, -0.15) is 0 Å². The predicted molar refractivity (Wildman–Crippen MR) is 94.6 cm³/mol. The molecule has 0 spiro atoms. The molecular weight excluding hydrogens is 344 g/mol. The van der Waals surface area contributed by atoms with Crippen molar-refractivity contribution in [2.45, 2.75) is 6.92 Å². The number of aryl methyl sites for hydroxylation is 1. The van der Waals surface area contributed by atoms with Crippen molar-refractivity contribution < 1.29 is 19.4 Å². The molecule has 2 N–H and O–H groups in total. The molecule has 10 heteroatoms. The maximum atomic E-state index is 12.1. The highest BCUT2D eigenvalue weighted by Crippen LogP contribution is 2.29. The van der Waals surface area contributed by atoms with E-state index in [2.05, 4.69) is 10.6 Å². The van der Waals surface area contributed by atoms with Gasteiger partial charge in [-0.15, -0.1) is 0 Å². The van der Waals surface area contributed by atoms with Crippen LogP contribution in [-0.4, -0.2) is 29.4 Å². The number of non-ortho nitro benzene ring substituents is 2. The van der Waals surface area contributed by atoms with Crippen molar-refractivity contribution in [3.8, 4) is 5.75 Å². The molecule has 0 saturated carbocycles. The number of nitro groups is 2. The molecule has 0 saturated heterocycles. The van der Waals surface area contributed by atoms with Gasteiger partial charge in [0.15, 0.2) is 0 Å². The third kappa shape index (κ3) is 4.44. The molecule has 0 heterocycles. The number of hydrogen-bond acceptors (Lipinski definition) is 7. The Morgan fingerprint density at radius 2 is 1.65 bits per heavy atom. The van der Waals surface area contributed by atoms with Crippen LogP contribution in [0.4, 0.5) is 22.7 Å². The van der Waals surface area contributed by atoms with Crippen molar-refractivity contribution in [1.82, 2.24) is 0 Å². The summed E-state index contributed by atoms with van der Waals surface area (Å²) in [5, 5.41) is 27.0. The molecule has 0 fully saturated rings. The molecule has 0 bridgehead atoms. The van der Waals surface area contributed by atoms with E-state index >= 15 is 0 Å². The van der Waals surface area contributed by atoms with Crippen LogP contribution in [-0.2, 0) is 4.79 Å². The van der Waals surface area contributed by atoms with E-state index in [-0.39, 0.29) is 29.4 Å². The van der Waals surface area contributed by atoms with E-state index in [0.717, 1.165) is 5.56 Å². The zero-order chi connectivity index (χ0) is 19.3. The second-order valence-electron chi connectivity index (χ2n) is 5.30. The summed E-state index contributed by atoms with van der Waals surface area (Å²) in [6.45, 7) is 1.60. The van der Waals surface area contributed by atoms with Gasteiger partial charge in [-0.1, -0.05) is 6.07 Å². The van der Waals surface area contributed by atoms with E-state index in [9.17, 15) is 25.0 Å². The standard InChI is InChI=1S/C16H16N4O6/c1-10-3-4-11(19(22)23)7-14(10)17-9-16(21)18-13-6-5-12(20(24)25)8-15(13)26-2/h3-8,17H,9H2,1-2H3,(H,18,21). The van der Waals surface area contributed by atoms with Crippen molar-refractivity contribution in [3.63, 3.8) is 0 Å². The highest BCUT2D eigenvalue weighted by Gasteiger charge is 2.14. The molecule has 2 aromatic carbocycles. The first-order valence-electron chi connectivity index (χ1n) is 7.43. The van der Waals surface area contributed by atoms with Crippen molar-refractivity contribution >= 4 is 28.7 Å². The summed E-state index contributed by atoms with van der Waals surface area (Å²) in [6, 6.07) is 8.12. The summed E-state index contributed by atoms with van der Waals surface area (Å²) < 4.78 is 5.05. The van der Waals surface area contributed by atoms with Crippen LogP contribution in [0.2, 0.25) is 0 Å². The third-order valence-corrected chi connectivity index (χ3v) is 3.54. The molecule has 26 heavy (non-hydrogen) atoms. The number of carbonyl (C=O) groups is 1. The monoisotopic (exact) mass is 360 g/mol. The zero-order valence-corrected chi connectivity index (χ0v) is 14.0. The van der Waals surface area contributed by atoms with Crippen molar-refractivity contribution in [1.29, 1.82) is 0 Å². The van der Waals surface area contributed by atoms with Gasteiger partial charge in [0.2, 0.25) is 5.91 Å². The van der Waals surface area contributed by atoms with Gasteiger partial charge >= 0.3 is 0 Å². The minimum atomic E-state index is -0.569. The molecule has 0 aromatic heterocycles. The van der Waals surface area contributed by atoms with E-state index in [1.807, 2.05) is 0 Å². The van der Waals surface area contributed by atoms with Crippen molar-refractivity contribution in [3.05, 3.63) is 62.2 Å². The Balaban J connectivity index is 2.07. The lowest BCUT2D eigenvalue weighted by Gasteiger charge is -2.12. The number of methoxy groups -OCH3 is 1. The molecule has 0 radical (unpaired) electrons. The Hall–Kier alpha value is -3.69. The summed E-state index contributed by atoms with van der Waals surface area (Å²) in [5.74, 6) is -0.290. The van der Waals surface area contributed by atoms with Crippen LogP contribution in [0.15, 0.2) is 36.4 Å². The zero-order valence-electron chi connectivity index (χ0n) is 14.0. The number of ether oxygens (including phenoxy) is 1. The highest BCUT2D eigenvalue weighted by atomic mass is 16.6. The molecule has 0 atom stereocenters. The number of amides is 1. The predicted octanol–water partition coefficient (Wildman–Crippen LogP) is 2.87. The smallest absolute Gasteiger partial charge is 0.273 e. The summed E-state index contributed by atoms with van der Waals surface area (Å²) in [5.41, 5.74) is 1.24. The number of nitro benzene ring substituents is 2. The van der Waals surface area contributed by atoms with Crippen LogP contribution in [0.5, 0.6) is 5.75 Å². The average molecular weight is 360 g/mol. The lowest BCUT2D eigenvalue weighted by Crippen LogP contribution is -2.22. The van der Waals surface area contributed by atoms with Crippen LogP contribution >= 0.6 is 0 Å². The molecule has 10 nitrogen and oxygen atoms in total. The van der Waals surface area contributed by atoms with Gasteiger partial charge in [0.05, 0.1) is 35.3 Å². The maximum absolute atomic E-state index is 12.1. The largest absolute Gasteiger partial charge is 0.494 e. The number of nitrogens with zero attached hydrogens (tertiary/aromatic N) is 2. The molecular formula is C16H16N4O6. The maximum Gasteiger partial charge on any atom is 0.273 e. The van der Waals surface area contributed by atoms with Gasteiger partial charge in [-0.05, 0) is 18.6 Å². The number of benzene rings is 2. The molecule has 0 aliphatic carbocycles. The third-order valence-electron chi connectivity index (χ3n) is 3.54. The van der Waals surface area contributed by atoms with Gasteiger partial charge < -0.3 is 15.4 Å². The summed E-state index contributed by atoms with van der Waals surface area (Å²) in [6.07, 6.45) is 0. The Bertz CT molecular complexity index is 868. The quantitative estimate of drug-likeness (QED) is 0.572. The van der Waals surface area contributed by atoms with E-state index in [4.69, 9.17) is 4.74 Å². The lowest BCUT2D eigenvalue weighted by molar-refractivity contribution is -0.385. The Morgan fingerprint density at radius 3 is 2.27 bits per heavy atom. The minimum absolute atomic E-state index is 0.0875. The summed E-state index contributed by atoms with van der Waals surface area (Å²) >= 11 is 0. The number of carbonyl (C=O) groups excluding carboxylic acids is 1. The summed E-state index contributed by atoms with van der Waals surface area (Å²) in [7, 11) is 1.33. The van der Waals surface area contributed by atoms with Crippen LogP contribution in [0, 0.1) is 27.2 Å². The van der Waals surface area contributed by atoms with Gasteiger partial charge in [0, 0.05) is 23.9 Å². The minimum Gasteiger partial charge on any atom is -0.494 e. The van der Waals surface area contributed by atoms with Gasteiger partial charge in [0.25, 0.3) is 11.4 Å². The number of hydrogen-bond donors (Lipinski definition) is 2. The second kappa shape index (κ2) is 7.92. The van der Waals surface area contributed by atoms with E-state index in [1.165, 1.54) is 37.4 Å². The fourth-order valence-corrected chi connectivity index (χ4v) is 2.18. The van der Waals surface area contributed by atoms with Crippen LogP contribution < -0.4 is 15.4 Å². The fraction of sp³-hybridized carbons (Fsp3) is 0.188. The molecule has 0 aliphatic heterocycles. The molecule has 1 amide bonds. The summed E-state index contributed by atoms with van der Waals surface area (Å²) in [4.78, 5) is 32.6. The van der Waals surface area contributed by atoms with Gasteiger partial charge in [0.1, 0.15) is 5.75 Å². The van der Waals surface area contributed by atoms with Crippen molar-refractivity contribution in [2.75, 3.05) is 24.3 Å². The fourth-order valence-electron chi connectivity index (χ4n) is 2.18. The molecule has 0 unspecified atom stereocenters. The Kier molecular flexibility index (Phi) is 5.68. The lowest BCUT2D eigenvalue weighted by atomic mass is 10.2. The number of anilines is 2. The first kappa shape index (κ1) is 18.6. The normalized spacial score (nSPS) is 10.1. The average Bonchev–Trinajstić information content (AvgIpc) is 2.60. The topological polar surface area (TPSA) is 137 Å². The van der Waals surface area contributed by atoms with Crippen LogP contribution in [0.25, 0.3) is 0 Å². The van der Waals surface area contributed by atoms with E-state index in [0.29, 0.717) is 5.69 Å². The first-order valence-corrected chi connectivity index (χ1v) is 7.43. The first-order chi connectivity index (χ1) is 12.3. The Morgan fingerprint density at radius 1 is 1.04 bits per heavy atom. The van der Waals surface area contributed by atoms with Gasteiger partial charge in [-0.3, -0.25) is 25.0 Å².